The van der Waals surface area contributed by atoms with Gasteiger partial charge in [0.2, 0.25) is 11.9 Å². The normalized spacial score (nSPS) is 14.4. The number of carbonyl (C=O) groups excluding carboxylic acids is 2. The van der Waals surface area contributed by atoms with Gasteiger partial charge in [-0.1, -0.05) is 46.3 Å². The van der Waals surface area contributed by atoms with Crippen LogP contribution in [0.1, 0.15) is 34.5 Å². The van der Waals surface area contributed by atoms with Crippen molar-refractivity contribution < 1.29 is 28.5 Å². The van der Waals surface area contributed by atoms with E-state index in [0.29, 0.717) is 33.9 Å². The molecule has 3 aromatic carbocycles. The third kappa shape index (κ3) is 4.93. The fourth-order valence-electron chi connectivity index (χ4n) is 3.43. The van der Waals surface area contributed by atoms with Crippen LogP contribution >= 0.6 is 15.9 Å². The van der Waals surface area contributed by atoms with E-state index in [1.165, 1.54) is 0 Å². The van der Waals surface area contributed by atoms with Crippen LogP contribution in [-0.4, -0.2) is 25.5 Å². The largest absolute Gasteiger partial charge is 0.496 e. The minimum absolute atomic E-state index is 0.170. The van der Waals surface area contributed by atoms with E-state index in [1.54, 1.807) is 56.5 Å². The minimum atomic E-state index is -0.942. The zero-order valence-corrected chi connectivity index (χ0v) is 19.6. The average molecular weight is 509 g/mol. The number of benzene rings is 3. The highest BCUT2D eigenvalue weighted by atomic mass is 79.9. The topological polar surface area (TPSA) is 71.1 Å². The molecule has 1 aliphatic rings. The van der Waals surface area contributed by atoms with Gasteiger partial charge in [0.05, 0.1) is 19.3 Å². The molecule has 1 atom stereocenters. The van der Waals surface area contributed by atoms with Crippen molar-refractivity contribution >= 4 is 33.8 Å². The summed E-state index contributed by atoms with van der Waals surface area (Å²) < 4.78 is 23.2. The monoisotopic (exact) mass is 508 g/mol. The first kappa shape index (κ1) is 22.6. The van der Waals surface area contributed by atoms with Crippen molar-refractivity contribution in [3.63, 3.8) is 0 Å². The fourth-order valence-corrected chi connectivity index (χ4v) is 3.81. The quantitative estimate of drug-likeness (QED) is 0.298. The van der Waals surface area contributed by atoms with Crippen LogP contribution in [-0.2, 0) is 9.53 Å². The van der Waals surface area contributed by atoms with E-state index < -0.39 is 12.1 Å². The van der Waals surface area contributed by atoms with Gasteiger partial charge in [-0.3, -0.25) is 4.79 Å². The van der Waals surface area contributed by atoms with E-state index in [4.69, 9.17) is 18.9 Å². The van der Waals surface area contributed by atoms with Crippen molar-refractivity contribution in [1.29, 1.82) is 0 Å². The Morgan fingerprint density at radius 3 is 2.61 bits per heavy atom. The number of ether oxygens (including phenoxy) is 4. The number of fused-ring (bicyclic) bond motifs is 1. The van der Waals surface area contributed by atoms with Gasteiger partial charge in [-0.2, -0.15) is 0 Å². The highest BCUT2D eigenvalue weighted by Crippen LogP contribution is 2.37. The molecule has 0 unspecified atom stereocenters. The van der Waals surface area contributed by atoms with E-state index in [0.717, 1.165) is 4.47 Å². The van der Waals surface area contributed by atoms with Crippen LogP contribution in [0.5, 0.6) is 17.2 Å². The summed E-state index contributed by atoms with van der Waals surface area (Å²) in [7, 11) is 1.56. The molecule has 0 aromatic heterocycles. The third-order valence-corrected chi connectivity index (χ3v) is 5.47. The van der Waals surface area contributed by atoms with Crippen LogP contribution in [0.15, 0.2) is 77.0 Å². The smallest absolute Gasteiger partial charge is 0.352 e. The molecule has 0 radical (unpaired) electrons. The molecule has 0 amide bonds. The Hall–Kier alpha value is -3.58. The SMILES string of the molecule is CCOC(=O)[C@@H](Oc1ccc2c(c1)OC(=Cc1cc(Br)ccc1OC)C2=O)c1ccccc1. The van der Waals surface area contributed by atoms with E-state index in [2.05, 4.69) is 15.9 Å². The Labute approximate surface area is 199 Å². The van der Waals surface area contributed by atoms with Crippen LogP contribution < -0.4 is 14.2 Å². The molecular weight excluding hydrogens is 488 g/mol. The summed E-state index contributed by atoms with van der Waals surface area (Å²) in [4.78, 5) is 25.4. The van der Waals surface area contributed by atoms with Gasteiger partial charge in [-0.05, 0) is 43.3 Å². The molecule has 0 aliphatic carbocycles. The Morgan fingerprint density at radius 2 is 1.88 bits per heavy atom. The van der Waals surface area contributed by atoms with Gasteiger partial charge in [-0.15, -0.1) is 0 Å². The number of esters is 1. The second kappa shape index (κ2) is 9.92. The number of Topliss-reactive ketones (excluding diaryl/α,β-unsaturated/α-hetero) is 1. The molecule has 1 aliphatic heterocycles. The number of allylic oxidation sites excluding steroid dienone is 1. The Morgan fingerprint density at radius 1 is 1.09 bits per heavy atom. The molecule has 7 heteroatoms. The van der Waals surface area contributed by atoms with Crippen molar-refractivity contribution in [2.75, 3.05) is 13.7 Å². The fraction of sp³-hybridized carbons (Fsp3) is 0.154. The number of methoxy groups -OCH3 is 1. The maximum Gasteiger partial charge on any atom is 0.352 e. The summed E-state index contributed by atoms with van der Waals surface area (Å²) >= 11 is 3.43. The zero-order valence-electron chi connectivity index (χ0n) is 18.0. The van der Waals surface area contributed by atoms with Crippen LogP contribution in [0.2, 0.25) is 0 Å². The van der Waals surface area contributed by atoms with Gasteiger partial charge < -0.3 is 18.9 Å². The summed E-state index contributed by atoms with van der Waals surface area (Å²) in [5.74, 6) is 0.774. The van der Waals surface area contributed by atoms with E-state index in [9.17, 15) is 9.59 Å². The molecule has 0 saturated carbocycles. The molecule has 168 valence electrons. The van der Waals surface area contributed by atoms with Crippen LogP contribution in [0.4, 0.5) is 0 Å². The van der Waals surface area contributed by atoms with Gasteiger partial charge in [0, 0.05) is 21.7 Å². The standard InChI is InChI=1S/C26H21BrO6/c1-3-31-26(29)25(16-7-5-4-6-8-16)32-19-10-11-20-22(15-19)33-23(24(20)28)14-17-13-18(27)9-12-21(17)30-2/h4-15,25H,3H2,1-2H3/t25-/m0/s1. The van der Waals surface area contributed by atoms with Crippen molar-refractivity contribution in [2.24, 2.45) is 0 Å². The number of ketones is 1. The third-order valence-electron chi connectivity index (χ3n) is 4.98. The molecule has 1 heterocycles. The number of carbonyl (C=O) groups is 2. The maximum absolute atomic E-state index is 12.9. The first-order valence-corrected chi connectivity index (χ1v) is 11.1. The van der Waals surface area contributed by atoms with Gasteiger partial charge in [0.15, 0.2) is 5.76 Å². The van der Waals surface area contributed by atoms with E-state index in [-0.39, 0.29) is 18.1 Å². The minimum Gasteiger partial charge on any atom is -0.496 e. The van der Waals surface area contributed by atoms with Gasteiger partial charge in [-0.25, -0.2) is 4.79 Å². The van der Waals surface area contributed by atoms with Crippen molar-refractivity contribution in [3.8, 4) is 17.2 Å². The first-order chi connectivity index (χ1) is 16.0. The molecule has 33 heavy (non-hydrogen) atoms. The summed E-state index contributed by atoms with van der Waals surface area (Å²) in [6, 6.07) is 19.4. The molecule has 0 N–H and O–H groups in total. The summed E-state index contributed by atoms with van der Waals surface area (Å²) in [5, 5.41) is 0. The van der Waals surface area contributed by atoms with Crippen LogP contribution in [0.3, 0.4) is 0 Å². The molecular formula is C26H21BrO6. The summed E-state index contributed by atoms with van der Waals surface area (Å²) in [6.07, 6.45) is 0.694. The number of rotatable bonds is 7. The lowest BCUT2D eigenvalue weighted by molar-refractivity contribution is -0.151. The summed E-state index contributed by atoms with van der Waals surface area (Å²) in [5.41, 5.74) is 1.77. The lowest BCUT2D eigenvalue weighted by Gasteiger charge is -2.18. The second-order valence-electron chi connectivity index (χ2n) is 7.14. The average Bonchev–Trinajstić information content (AvgIpc) is 3.12. The highest BCUT2D eigenvalue weighted by Gasteiger charge is 2.30. The summed E-state index contributed by atoms with van der Waals surface area (Å²) in [6.45, 7) is 1.98. The molecule has 0 fully saturated rings. The van der Waals surface area contributed by atoms with E-state index >= 15 is 0 Å². The number of hydrogen-bond donors (Lipinski definition) is 0. The Bertz CT molecular complexity index is 1220. The predicted octanol–water partition coefficient (Wildman–Crippen LogP) is 5.76. The van der Waals surface area contributed by atoms with Crippen LogP contribution in [0.25, 0.3) is 6.08 Å². The lowest BCUT2D eigenvalue weighted by Crippen LogP contribution is -2.21. The van der Waals surface area contributed by atoms with E-state index in [1.807, 2.05) is 30.3 Å². The molecule has 3 aromatic rings. The van der Waals surface area contributed by atoms with Gasteiger partial charge in [0.25, 0.3) is 0 Å². The second-order valence-corrected chi connectivity index (χ2v) is 8.06. The Kier molecular flexibility index (Phi) is 6.79. The van der Waals surface area contributed by atoms with Crippen molar-refractivity contribution in [1.82, 2.24) is 0 Å². The van der Waals surface area contributed by atoms with Crippen molar-refractivity contribution in [2.45, 2.75) is 13.0 Å². The van der Waals surface area contributed by atoms with Crippen molar-refractivity contribution in [3.05, 3.63) is 93.7 Å². The van der Waals surface area contributed by atoms with Gasteiger partial charge in [0.1, 0.15) is 17.2 Å². The van der Waals surface area contributed by atoms with Gasteiger partial charge >= 0.3 is 5.97 Å². The van der Waals surface area contributed by atoms with Crippen LogP contribution in [0, 0.1) is 0 Å². The predicted molar refractivity (Wildman–Crippen MR) is 127 cm³/mol. The zero-order chi connectivity index (χ0) is 23.4. The number of halogens is 1. The molecule has 4 rings (SSSR count). The lowest BCUT2D eigenvalue weighted by atomic mass is 10.1. The Balaban J connectivity index is 1.61. The maximum atomic E-state index is 12.9. The highest BCUT2D eigenvalue weighted by molar-refractivity contribution is 9.10. The number of hydrogen-bond acceptors (Lipinski definition) is 6. The molecule has 0 bridgehead atoms. The molecule has 0 spiro atoms. The molecule has 0 saturated heterocycles. The first-order valence-electron chi connectivity index (χ1n) is 10.3. The molecule has 6 nitrogen and oxygen atoms in total.